The molecular formula is C14H18FNO2. The minimum Gasteiger partial charge on any atom is -0.467 e. The van der Waals surface area contributed by atoms with Gasteiger partial charge in [0.05, 0.1) is 7.11 Å². The molecule has 0 radical (unpaired) electrons. The van der Waals surface area contributed by atoms with Crippen molar-refractivity contribution in [1.29, 1.82) is 0 Å². The highest BCUT2D eigenvalue weighted by Gasteiger charge is 2.40. The highest BCUT2D eigenvalue weighted by atomic mass is 19.1. The van der Waals surface area contributed by atoms with E-state index in [0.29, 0.717) is 18.5 Å². The van der Waals surface area contributed by atoms with Crippen LogP contribution in [-0.2, 0) is 15.1 Å². The van der Waals surface area contributed by atoms with E-state index in [0.717, 1.165) is 0 Å². The number of carbonyl (C=O) groups excluding carboxylic acids is 1. The molecule has 18 heavy (non-hydrogen) atoms. The zero-order chi connectivity index (χ0) is 13.6. The molecule has 0 aliphatic carbocycles. The lowest BCUT2D eigenvalue weighted by Gasteiger charge is -2.31. The predicted molar refractivity (Wildman–Crippen MR) is 68.6 cm³/mol. The van der Waals surface area contributed by atoms with E-state index in [4.69, 9.17) is 4.74 Å². The first-order chi connectivity index (χ1) is 8.62. The summed E-state index contributed by atoms with van der Waals surface area (Å²) in [5, 5.41) is 3.01. The van der Waals surface area contributed by atoms with E-state index in [2.05, 4.69) is 11.9 Å². The number of methoxy groups -OCH3 is 1. The lowest BCUT2D eigenvalue weighted by atomic mass is 9.86. The van der Waals surface area contributed by atoms with Gasteiger partial charge < -0.3 is 4.74 Å². The number of nitrogens with one attached hydrogen (secondary N) is 1. The number of halogens is 1. The molecule has 1 unspecified atom stereocenters. The van der Waals surface area contributed by atoms with Gasteiger partial charge in [-0.2, -0.15) is 0 Å². The quantitative estimate of drug-likeness (QED) is 0.623. The molecule has 98 valence electrons. The average molecular weight is 251 g/mol. The van der Waals surface area contributed by atoms with Crippen molar-refractivity contribution < 1.29 is 13.9 Å². The van der Waals surface area contributed by atoms with Crippen molar-refractivity contribution in [3.8, 4) is 0 Å². The molecule has 0 saturated carbocycles. The molecule has 3 nitrogen and oxygen atoms in total. The van der Waals surface area contributed by atoms with Crippen LogP contribution in [-0.4, -0.2) is 19.6 Å². The second kappa shape index (κ2) is 6.31. The number of hydrogen-bond acceptors (Lipinski definition) is 3. The van der Waals surface area contributed by atoms with Crippen molar-refractivity contribution in [3.05, 3.63) is 48.3 Å². The minimum absolute atomic E-state index is 0.293. The van der Waals surface area contributed by atoms with Crippen LogP contribution in [0.4, 0.5) is 4.39 Å². The van der Waals surface area contributed by atoms with E-state index in [1.807, 2.05) is 0 Å². The number of ether oxygens (including phenoxy) is 1. The van der Waals surface area contributed by atoms with Crippen LogP contribution < -0.4 is 5.32 Å². The molecule has 0 aliphatic heterocycles. The first-order valence-corrected chi connectivity index (χ1v) is 5.81. The van der Waals surface area contributed by atoms with Crippen molar-refractivity contribution >= 4 is 5.97 Å². The highest BCUT2D eigenvalue weighted by Crippen LogP contribution is 2.28. The third-order valence-electron chi connectivity index (χ3n) is 2.95. The Morgan fingerprint density at radius 1 is 1.56 bits per heavy atom. The summed E-state index contributed by atoms with van der Waals surface area (Å²) in [5.41, 5.74) is -0.880. The van der Waals surface area contributed by atoms with Crippen LogP contribution in [0, 0.1) is 5.82 Å². The molecule has 0 heterocycles. The van der Waals surface area contributed by atoms with Crippen molar-refractivity contribution in [2.75, 3.05) is 13.7 Å². The fraction of sp³-hybridized carbons (Fsp3) is 0.357. The maximum absolute atomic E-state index is 13.9. The van der Waals surface area contributed by atoms with Gasteiger partial charge in [-0.3, -0.25) is 5.32 Å². The number of benzene rings is 1. The average Bonchev–Trinajstić information content (AvgIpc) is 2.41. The summed E-state index contributed by atoms with van der Waals surface area (Å²) in [6.45, 7) is 5.78. The summed E-state index contributed by atoms with van der Waals surface area (Å²) in [6.07, 6.45) is 2.00. The summed E-state index contributed by atoms with van der Waals surface area (Å²) in [6, 6.07) is 6.20. The Labute approximate surface area is 107 Å². The molecule has 1 aromatic rings. The number of esters is 1. The van der Waals surface area contributed by atoms with Crippen molar-refractivity contribution in [2.45, 2.75) is 18.9 Å². The lowest BCUT2D eigenvalue weighted by Crippen LogP contribution is -2.50. The van der Waals surface area contributed by atoms with Gasteiger partial charge in [-0.05, 0) is 12.5 Å². The molecule has 1 rings (SSSR count). The van der Waals surface area contributed by atoms with Gasteiger partial charge in [0.15, 0.2) is 0 Å². The minimum atomic E-state index is -1.17. The SMILES string of the molecule is C=CCNC(CC)(C(=O)OC)c1ccccc1F. The van der Waals surface area contributed by atoms with Crippen LogP contribution in [0.5, 0.6) is 0 Å². The largest absolute Gasteiger partial charge is 0.467 e. The van der Waals surface area contributed by atoms with E-state index in [-0.39, 0.29) is 0 Å². The lowest BCUT2D eigenvalue weighted by molar-refractivity contribution is -0.149. The Hall–Kier alpha value is -1.68. The van der Waals surface area contributed by atoms with Crippen LogP contribution in [0.3, 0.4) is 0 Å². The van der Waals surface area contributed by atoms with Gasteiger partial charge >= 0.3 is 5.97 Å². The van der Waals surface area contributed by atoms with Crippen LogP contribution in [0.1, 0.15) is 18.9 Å². The van der Waals surface area contributed by atoms with E-state index in [9.17, 15) is 9.18 Å². The Bertz CT molecular complexity index is 434. The summed E-state index contributed by atoms with van der Waals surface area (Å²) in [5.74, 6) is -0.932. The normalized spacial score (nSPS) is 13.7. The van der Waals surface area contributed by atoms with Crippen LogP contribution in [0.25, 0.3) is 0 Å². The first-order valence-electron chi connectivity index (χ1n) is 5.81. The molecule has 0 aromatic heterocycles. The van der Waals surface area contributed by atoms with Gasteiger partial charge in [0.1, 0.15) is 11.4 Å². The summed E-state index contributed by atoms with van der Waals surface area (Å²) >= 11 is 0. The van der Waals surface area contributed by atoms with Gasteiger partial charge in [-0.25, -0.2) is 9.18 Å². The second-order valence-corrected chi connectivity index (χ2v) is 3.90. The molecule has 0 fully saturated rings. The van der Waals surface area contributed by atoms with Crippen molar-refractivity contribution in [3.63, 3.8) is 0 Å². The van der Waals surface area contributed by atoms with Crippen molar-refractivity contribution in [1.82, 2.24) is 5.32 Å². The van der Waals surface area contributed by atoms with E-state index >= 15 is 0 Å². The molecule has 0 aliphatic rings. The topological polar surface area (TPSA) is 38.3 Å². The molecule has 0 spiro atoms. The van der Waals surface area contributed by atoms with Gasteiger partial charge in [-0.1, -0.05) is 31.2 Å². The zero-order valence-corrected chi connectivity index (χ0v) is 10.7. The Morgan fingerprint density at radius 2 is 2.22 bits per heavy atom. The van der Waals surface area contributed by atoms with Gasteiger partial charge in [-0.15, -0.1) is 6.58 Å². The molecule has 1 aromatic carbocycles. The fourth-order valence-electron chi connectivity index (χ4n) is 1.97. The second-order valence-electron chi connectivity index (χ2n) is 3.90. The van der Waals surface area contributed by atoms with Crippen LogP contribution in [0.15, 0.2) is 36.9 Å². The van der Waals surface area contributed by atoms with Gasteiger partial charge in [0.2, 0.25) is 0 Å². The smallest absolute Gasteiger partial charge is 0.330 e. The zero-order valence-electron chi connectivity index (χ0n) is 10.7. The summed E-state index contributed by atoms with van der Waals surface area (Å²) in [4.78, 5) is 12.0. The summed E-state index contributed by atoms with van der Waals surface area (Å²) in [7, 11) is 1.29. The highest BCUT2D eigenvalue weighted by molar-refractivity contribution is 5.82. The Morgan fingerprint density at radius 3 is 2.72 bits per heavy atom. The molecule has 1 N–H and O–H groups in total. The molecule has 4 heteroatoms. The maximum Gasteiger partial charge on any atom is 0.330 e. The van der Waals surface area contributed by atoms with Gasteiger partial charge in [0.25, 0.3) is 0 Å². The Balaban J connectivity index is 3.29. The number of hydrogen-bond donors (Lipinski definition) is 1. The molecule has 0 bridgehead atoms. The maximum atomic E-state index is 13.9. The van der Waals surface area contributed by atoms with E-state index < -0.39 is 17.3 Å². The van der Waals surface area contributed by atoms with Crippen molar-refractivity contribution in [2.24, 2.45) is 0 Å². The predicted octanol–water partition coefficient (Wildman–Crippen LogP) is 2.38. The summed E-state index contributed by atoms with van der Waals surface area (Å²) < 4.78 is 18.7. The van der Waals surface area contributed by atoms with Crippen LogP contribution in [0.2, 0.25) is 0 Å². The standard InChI is InChI=1S/C14H18FNO2/c1-4-10-16-14(5-2,13(17)18-3)11-8-6-7-9-12(11)15/h4,6-9,16H,1,5,10H2,2-3H3. The molecule has 1 atom stereocenters. The monoisotopic (exact) mass is 251 g/mol. The van der Waals surface area contributed by atoms with Gasteiger partial charge in [0, 0.05) is 12.1 Å². The van der Waals surface area contributed by atoms with E-state index in [1.165, 1.54) is 13.2 Å². The Kier molecular flexibility index (Phi) is 5.04. The molecular weight excluding hydrogens is 233 g/mol. The number of rotatable bonds is 6. The third kappa shape index (κ3) is 2.59. The molecule has 0 saturated heterocycles. The first kappa shape index (κ1) is 14.4. The molecule has 0 amide bonds. The third-order valence-corrected chi connectivity index (χ3v) is 2.95. The fourth-order valence-corrected chi connectivity index (χ4v) is 1.97. The number of carbonyl (C=O) groups is 1. The van der Waals surface area contributed by atoms with Crippen LogP contribution >= 0.6 is 0 Å². The van der Waals surface area contributed by atoms with E-state index in [1.54, 1.807) is 31.2 Å².